The second-order valence-corrected chi connectivity index (χ2v) is 5.90. The van der Waals surface area contributed by atoms with Gasteiger partial charge in [-0.1, -0.05) is 42.0 Å². The Labute approximate surface area is 120 Å². The van der Waals surface area contributed by atoms with Crippen LogP contribution in [0.25, 0.3) is 0 Å². The maximum absolute atomic E-state index is 5.98. The van der Waals surface area contributed by atoms with Crippen molar-refractivity contribution in [2.24, 2.45) is 5.73 Å². The van der Waals surface area contributed by atoms with E-state index in [1.54, 1.807) is 0 Å². The van der Waals surface area contributed by atoms with Crippen molar-refractivity contribution in [2.45, 2.75) is 39.0 Å². The molecule has 19 heavy (non-hydrogen) atoms. The molecule has 0 saturated carbocycles. The van der Waals surface area contributed by atoms with Crippen molar-refractivity contribution in [1.82, 2.24) is 4.90 Å². The van der Waals surface area contributed by atoms with Crippen molar-refractivity contribution in [3.05, 3.63) is 35.4 Å². The molecule has 2 rings (SSSR count). The Bertz CT molecular complexity index is 436. The summed E-state index contributed by atoms with van der Waals surface area (Å²) in [6, 6.07) is 8.44. The summed E-state index contributed by atoms with van der Waals surface area (Å²) >= 11 is 5.29. The van der Waals surface area contributed by atoms with E-state index in [1.165, 1.54) is 11.1 Å². The van der Waals surface area contributed by atoms with Gasteiger partial charge in [0.15, 0.2) is 0 Å². The van der Waals surface area contributed by atoms with Gasteiger partial charge in [-0.05, 0) is 26.3 Å². The van der Waals surface area contributed by atoms with E-state index in [1.807, 2.05) is 0 Å². The van der Waals surface area contributed by atoms with E-state index in [0.717, 1.165) is 13.1 Å². The highest BCUT2D eigenvalue weighted by molar-refractivity contribution is 7.80. The fourth-order valence-corrected chi connectivity index (χ4v) is 3.02. The number of rotatable bonds is 3. The third-order valence-corrected chi connectivity index (χ3v) is 3.70. The summed E-state index contributed by atoms with van der Waals surface area (Å²) in [4.78, 5) is 2.86. The van der Waals surface area contributed by atoms with Crippen molar-refractivity contribution >= 4 is 17.2 Å². The normalized spacial score (nSPS) is 26.1. The topological polar surface area (TPSA) is 38.5 Å². The van der Waals surface area contributed by atoms with Gasteiger partial charge in [0, 0.05) is 13.1 Å². The van der Waals surface area contributed by atoms with Gasteiger partial charge >= 0.3 is 0 Å². The molecule has 2 N–H and O–H groups in total. The zero-order chi connectivity index (χ0) is 14.0. The van der Waals surface area contributed by atoms with Crippen molar-refractivity contribution in [3.63, 3.8) is 0 Å². The lowest BCUT2D eigenvalue weighted by atomic mass is 10.0. The predicted octanol–water partition coefficient (Wildman–Crippen LogP) is 2.43. The second kappa shape index (κ2) is 5.99. The zero-order valence-corrected chi connectivity index (χ0v) is 12.6. The van der Waals surface area contributed by atoms with Crippen LogP contribution in [0.3, 0.4) is 0 Å². The fraction of sp³-hybridized carbons (Fsp3) is 0.533. The molecule has 1 saturated heterocycles. The number of hydrogen-bond donors (Lipinski definition) is 1. The SMILES string of the molecule is Cc1ccc(C(C(N)=S)N2CC(C)OC(C)C2)cc1. The highest BCUT2D eigenvalue weighted by Gasteiger charge is 2.30. The summed E-state index contributed by atoms with van der Waals surface area (Å²) in [5.41, 5.74) is 8.39. The third kappa shape index (κ3) is 3.53. The molecule has 0 amide bonds. The van der Waals surface area contributed by atoms with E-state index in [2.05, 4.69) is 49.9 Å². The van der Waals surface area contributed by atoms with Gasteiger partial charge in [0.25, 0.3) is 0 Å². The van der Waals surface area contributed by atoms with Crippen LogP contribution >= 0.6 is 12.2 Å². The Morgan fingerprint density at radius 3 is 2.26 bits per heavy atom. The maximum atomic E-state index is 5.98. The van der Waals surface area contributed by atoms with Crippen LogP contribution in [-0.4, -0.2) is 35.2 Å². The number of hydrogen-bond acceptors (Lipinski definition) is 3. The molecule has 3 atom stereocenters. The first-order valence-corrected chi connectivity index (χ1v) is 7.13. The first-order valence-electron chi connectivity index (χ1n) is 6.72. The van der Waals surface area contributed by atoms with E-state index < -0.39 is 0 Å². The molecule has 0 bridgehead atoms. The lowest BCUT2D eigenvalue weighted by molar-refractivity contribution is -0.0736. The molecule has 1 aromatic carbocycles. The second-order valence-electron chi connectivity index (χ2n) is 5.43. The molecule has 1 heterocycles. The standard InChI is InChI=1S/C15H22N2OS/c1-10-4-6-13(7-5-10)14(15(16)19)17-8-11(2)18-12(3)9-17/h4-7,11-12,14H,8-9H2,1-3H3,(H2,16,19). The quantitative estimate of drug-likeness (QED) is 0.862. The molecule has 3 nitrogen and oxygen atoms in total. The summed E-state index contributed by atoms with van der Waals surface area (Å²) in [6.45, 7) is 7.99. The van der Waals surface area contributed by atoms with Crippen LogP contribution in [-0.2, 0) is 4.74 Å². The van der Waals surface area contributed by atoms with Gasteiger partial charge in [-0.2, -0.15) is 0 Å². The molecule has 1 fully saturated rings. The van der Waals surface area contributed by atoms with Crippen molar-refractivity contribution in [1.29, 1.82) is 0 Å². The lowest BCUT2D eigenvalue weighted by Gasteiger charge is -2.40. The Morgan fingerprint density at radius 2 is 1.79 bits per heavy atom. The molecule has 0 aliphatic carbocycles. The van der Waals surface area contributed by atoms with Gasteiger partial charge in [-0.15, -0.1) is 0 Å². The number of morpholine rings is 1. The summed E-state index contributed by atoms with van der Waals surface area (Å²) in [5, 5.41) is 0. The van der Waals surface area contributed by atoms with Crippen LogP contribution < -0.4 is 5.73 Å². The third-order valence-electron chi connectivity index (χ3n) is 3.48. The molecule has 1 aromatic rings. The Morgan fingerprint density at radius 1 is 1.26 bits per heavy atom. The highest BCUT2D eigenvalue weighted by Crippen LogP contribution is 2.25. The monoisotopic (exact) mass is 278 g/mol. The maximum Gasteiger partial charge on any atom is 0.0948 e. The summed E-state index contributed by atoms with van der Waals surface area (Å²) in [6.07, 6.45) is 0.428. The largest absolute Gasteiger partial charge is 0.392 e. The van der Waals surface area contributed by atoms with Crippen LogP contribution in [0.4, 0.5) is 0 Å². The highest BCUT2D eigenvalue weighted by atomic mass is 32.1. The minimum absolute atomic E-state index is 0.00407. The van der Waals surface area contributed by atoms with Gasteiger partial charge in [0.05, 0.1) is 23.2 Å². The molecular formula is C15H22N2OS. The van der Waals surface area contributed by atoms with E-state index in [4.69, 9.17) is 22.7 Å². The minimum Gasteiger partial charge on any atom is -0.392 e. The van der Waals surface area contributed by atoms with Crippen LogP contribution in [0.15, 0.2) is 24.3 Å². The fourth-order valence-electron chi connectivity index (χ4n) is 2.73. The van der Waals surface area contributed by atoms with Crippen LogP contribution in [0.1, 0.15) is 31.0 Å². The van der Waals surface area contributed by atoms with Gasteiger partial charge in [-0.25, -0.2) is 0 Å². The molecule has 3 unspecified atom stereocenters. The molecule has 4 heteroatoms. The molecule has 1 aliphatic rings. The molecule has 0 aromatic heterocycles. The smallest absolute Gasteiger partial charge is 0.0948 e. The van der Waals surface area contributed by atoms with E-state index in [-0.39, 0.29) is 18.2 Å². The molecule has 1 aliphatic heterocycles. The Balaban J connectivity index is 2.24. The predicted molar refractivity (Wildman–Crippen MR) is 82.3 cm³/mol. The van der Waals surface area contributed by atoms with Gasteiger partial charge in [0.1, 0.15) is 0 Å². The average molecular weight is 278 g/mol. The van der Waals surface area contributed by atoms with E-state index >= 15 is 0 Å². The number of ether oxygens (including phenoxy) is 1. The van der Waals surface area contributed by atoms with Crippen molar-refractivity contribution < 1.29 is 4.74 Å². The van der Waals surface area contributed by atoms with E-state index in [0.29, 0.717) is 4.99 Å². The minimum atomic E-state index is 0.00407. The lowest BCUT2D eigenvalue weighted by Crippen LogP contribution is -2.49. The summed E-state index contributed by atoms with van der Waals surface area (Å²) < 4.78 is 5.78. The number of benzene rings is 1. The van der Waals surface area contributed by atoms with E-state index in [9.17, 15) is 0 Å². The Kier molecular flexibility index (Phi) is 4.55. The first-order chi connectivity index (χ1) is 8.97. The van der Waals surface area contributed by atoms with Crippen LogP contribution in [0.5, 0.6) is 0 Å². The first kappa shape index (κ1) is 14.4. The van der Waals surface area contributed by atoms with Gasteiger partial charge < -0.3 is 10.5 Å². The van der Waals surface area contributed by atoms with Crippen LogP contribution in [0.2, 0.25) is 0 Å². The number of aryl methyl sites for hydroxylation is 1. The number of nitrogens with two attached hydrogens (primary N) is 1. The Hall–Kier alpha value is -0.970. The molecule has 0 spiro atoms. The molecule has 104 valence electrons. The van der Waals surface area contributed by atoms with Crippen LogP contribution in [0, 0.1) is 6.92 Å². The van der Waals surface area contributed by atoms with Crippen molar-refractivity contribution in [3.8, 4) is 0 Å². The summed E-state index contributed by atoms with van der Waals surface area (Å²) in [5.74, 6) is 0. The number of nitrogens with zero attached hydrogens (tertiary/aromatic N) is 1. The molecule has 0 radical (unpaired) electrons. The van der Waals surface area contributed by atoms with Gasteiger partial charge in [-0.3, -0.25) is 4.90 Å². The summed E-state index contributed by atoms with van der Waals surface area (Å²) in [7, 11) is 0. The van der Waals surface area contributed by atoms with Gasteiger partial charge in [0.2, 0.25) is 0 Å². The average Bonchev–Trinajstić information content (AvgIpc) is 2.30. The number of thiocarbonyl (C=S) groups is 1. The zero-order valence-electron chi connectivity index (χ0n) is 11.8. The van der Waals surface area contributed by atoms with Crippen molar-refractivity contribution in [2.75, 3.05) is 13.1 Å². The molecular weight excluding hydrogens is 256 g/mol.